The number of nitrogens with zero attached hydrogens (tertiary/aromatic N) is 2. The molecule has 1 aromatic heterocycles. The van der Waals surface area contributed by atoms with Crippen molar-refractivity contribution in [3.8, 4) is 11.1 Å². The number of likely N-dealkylation sites (tertiary alicyclic amines) is 1. The number of hydrogen-bond donors (Lipinski definition) is 1. The van der Waals surface area contributed by atoms with Gasteiger partial charge in [0.15, 0.2) is 0 Å². The number of aromatic nitrogens is 1. The van der Waals surface area contributed by atoms with Gasteiger partial charge in [-0.1, -0.05) is 18.2 Å². The Hall–Kier alpha value is -2.89. The Morgan fingerprint density at radius 1 is 1.15 bits per heavy atom. The zero-order chi connectivity index (χ0) is 19.4. The fourth-order valence-corrected chi connectivity index (χ4v) is 3.17. The van der Waals surface area contributed by atoms with Crippen LogP contribution >= 0.6 is 0 Å². The maximum Gasteiger partial charge on any atom is 0.410 e. The first-order chi connectivity index (χ1) is 12.8. The maximum atomic E-state index is 12.9. The molecule has 2 heterocycles. The molecule has 6 nitrogen and oxygen atoms in total. The predicted octanol–water partition coefficient (Wildman–Crippen LogP) is 4.09. The van der Waals surface area contributed by atoms with Crippen LogP contribution in [-0.4, -0.2) is 40.1 Å². The van der Waals surface area contributed by atoms with Crippen molar-refractivity contribution in [2.24, 2.45) is 0 Å². The van der Waals surface area contributed by atoms with E-state index in [9.17, 15) is 9.59 Å². The first-order valence-corrected chi connectivity index (χ1v) is 9.15. The van der Waals surface area contributed by atoms with Crippen molar-refractivity contribution in [2.45, 2.75) is 45.3 Å². The molecule has 1 saturated heterocycles. The summed E-state index contributed by atoms with van der Waals surface area (Å²) in [6.45, 7) is 5.99. The first-order valence-electron chi connectivity index (χ1n) is 9.15. The molecule has 0 unspecified atom stereocenters. The van der Waals surface area contributed by atoms with Gasteiger partial charge < -0.3 is 10.1 Å². The minimum atomic E-state index is -0.589. The molecule has 1 aliphatic rings. The van der Waals surface area contributed by atoms with E-state index < -0.39 is 17.7 Å². The highest BCUT2D eigenvalue weighted by Crippen LogP contribution is 2.29. The molecule has 2 amide bonds. The number of rotatable bonds is 3. The molecule has 27 heavy (non-hydrogen) atoms. The fraction of sp³-hybridized carbons (Fsp3) is 0.381. The number of carbonyl (C=O) groups excluding carboxylic acids is 2. The summed E-state index contributed by atoms with van der Waals surface area (Å²) in [6, 6.07) is 10.9. The molecule has 0 aliphatic carbocycles. The smallest absolute Gasteiger partial charge is 0.410 e. The van der Waals surface area contributed by atoms with Gasteiger partial charge in [-0.15, -0.1) is 0 Å². The number of ether oxygens (including phenoxy) is 1. The van der Waals surface area contributed by atoms with Gasteiger partial charge in [0.2, 0.25) is 5.91 Å². The molecule has 1 N–H and O–H groups in total. The van der Waals surface area contributed by atoms with E-state index in [1.165, 1.54) is 4.90 Å². The molecule has 3 rings (SSSR count). The fourth-order valence-electron chi connectivity index (χ4n) is 3.17. The van der Waals surface area contributed by atoms with Gasteiger partial charge in [0.25, 0.3) is 0 Å². The van der Waals surface area contributed by atoms with Gasteiger partial charge in [0, 0.05) is 30.2 Å². The van der Waals surface area contributed by atoms with Crippen LogP contribution in [0, 0.1) is 0 Å². The molecule has 1 aromatic carbocycles. The molecule has 1 atom stereocenters. The maximum absolute atomic E-state index is 12.9. The molecular formula is C21H25N3O3. The number of nitrogens with one attached hydrogen (secondary N) is 1. The van der Waals surface area contributed by atoms with Crippen LogP contribution in [0.2, 0.25) is 0 Å². The van der Waals surface area contributed by atoms with Gasteiger partial charge in [-0.25, -0.2) is 4.79 Å². The summed E-state index contributed by atoms with van der Waals surface area (Å²) in [5.41, 5.74) is 2.00. The Morgan fingerprint density at radius 2 is 1.85 bits per heavy atom. The van der Waals surface area contributed by atoms with Crippen LogP contribution in [-0.2, 0) is 9.53 Å². The molecular weight excluding hydrogens is 342 g/mol. The van der Waals surface area contributed by atoms with Gasteiger partial charge in [-0.3, -0.25) is 14.7 Å². The van der Waals surface area contributed by atoms with Crippen LogP contribution in [0.3, 0.4) is 0 Å². The van der Waals surface area contributed by atoms with Gasteiger partial charge in [-0.2, -0.15) is 0 Å². The van der Waals surface area contributed by atoms with Crippen LogP contribution in [0.5, 0.6) is 0 Å². The molecule has 2 aromatic rings. The van der Waals surface area contributed by atoms with Crippen molar-refractivity contribution in [2.75, 3.05) is 11.9 Å². The Bertz CT molecular complexity index is 815. The first kappa shape index (κ1) is 18.9. The van der Waals surface area contributed by atoms with Crippen LogP contribution in [0.4, 0.5) is 10.5 Å². The van der Waals surface area contributed by atoms with Crippen LogP contribution in [0.25, 0.3) is 11.1 Å². The minimum absolute atomic E-state index is 0.195. The van der Waals surface area contributed by atoms with Gasteiger partial charge >= 0.3 is 6.09 Å². The zero-order valence-electron chi connectivity index (χ0n) is 15.9. The van der Waals surface area contributed by atoms with E-state index >= 15 is 0 Å². The molecule has 142 valence electrons. The largest absolute Gasteiger partial charge is 0.444 e. The minimum Gasteiger partial charge on any atom is -0.444 e. The van der Waals surface area contributed by atoms with E-state index in [2.05, 4.69) is 10.3 Å². The molecule has 1 fully saturated rings. The second-order valence-electron chi connectivity index (χ2n) is 7.60. The SMILES string of the molecule is CC(C)(C)OC(=O)N1CCC[C@H]1C(=O)Nc1ccccc1-c1ccncc1. The number of carbonyl (C=O) groups is 2. The van der Waals surface area contributed by atoms with Crippen molar-refractivity contribution in [3.63, 3.8) is 0 Å². The van der Waals surface area contributed by atoms with Gasteiger partial charge in [0.1, 0.15) is 11.6 Å². The Balaban J connectivity index is 1.77. The van der Waals surface area contributed by atoms with Crippen molar-refractivity contribution < 1.29 is 14.3 Å². The summed E-state index contributed by atoms with van der Waals surface area (Å²) in [4.78, 5) is 30.9. The van der Waals surface area contributed by atoms with E-state index in [0.717, 1.165) is 17.5 Å². The average molecular weight is 367 g/mol. The summed E-state index contributed by atoms with van der Waals surface area (Å²) in [5, 5.41) is 2.99. The monoisotopic (exact) mass is 367 g/mol. The Labute approximate surface area is 159 Å². The van der Waals surface area contributed by atoms with E-state index in [1.807, 2.05) is 57.2 Å². The molecule has 0 saturated carbocycles. The lowest BCUT2D eigenvalue weighted by Crippen LogP contribution is -2.45. The molecule has 0 radical (unpaired) electrons. The van der Waals surface area contributed by atoms with E-state index in [-0.39, 0.29) is 5.91 Å². The summed E-state index contributed by atoms with van der Waals surface area (Å²) >= 11 is 0. The van der Waals surface area contributed by atoms with Crippen molar-refractivity contribution in [3.05, 3.63) is 48.8 Å². The topological polar surface area (TPSA) is 71.5 Å². The molecule has 0 bridgehead atoms. The standard InChI is InChI=1S/C21H25N3O3/c1-21(2,3)27-20(26)24-14-6-9-18(24)19(25)23-17-8-5-4-7-16(17)15-10-12-22-13-11-15/h4-5,7-8,10-13,18H,6,9,14H2,1-3H3,(H,23,25)/t18-/m0/s1. The molecule has 0 spiro atoms. The van der Waals surface area contributed by atoms with Gasteiger partial charge in [0.05, 0.1) is 0 Å². The number of amides is 2. The normalized spacial score (nSPS) is 16.9. The third kappa shape index (κ3) is 4.64. The van der Waals surface area contributed by atoms with E-state index in [1.54, 1.807) is 12.4 Å². The number of para-hydroxylation sites is 1. The second kappa shape index (κ2) is 7.78. The van der Waals surface area contributed by atoms with Crippen LogP contribution in [0.15, 0.2) is 48.8 Å². The quantitative estimate of drug-likeness (QED) is 0.887. The highest BCUT2D eigenvalue weighted by molar-refractivity contribution is 6.00. The lowest BCUT2D eigenvalue weighted by molar-refractivity contribution is -0.120. The number of benzene rings is 1. The third-order valence-corrected chi connectivity index (χ3v) is 4.36. The Kier molecular flexibility index (Phi) is 5.44. The van der Waals surface area contributed by atoms with Gasteiger partial charge in [-0.05, 0) is 57.4 Å². The summed E-state index contributed by atoms with van der Waals surface area (Å²) in [5.74, 6) is -0.195. The number of hydrogen-bond acceptors (Lipinski definition) is 4. The summed E-state index contributed by atoms with van der Waals surface area (Å²) < 4.78 is 5.45. The van der Waals surface area contributed by atoms with E-state index in [4.69, 9.17) is 4.74 Å². The third-order valence-electron chi connectivity index (χ3n) is 4.36. The Morgan fingerprint density at radius 3 is 2.56 bits per heavy atom. The second-order valence-corrected chi connectivity index (χ2v) is 7.60. The van der Waals surface area contributed by atoms with Crippen molar-refractivity contribution >= 4 is 17.7 Å². The number of pyridine rings is 1. The van der Waals surface area contributed by atoms with Crippen LogP contribution < -0.4 is 5.32 Å². The lowest BCUT2D eigenvalue weighted by Gasteiger charge is -2.28. The number of anilines is 1. The molecule has 1 aliphatic heterocycles. The zero-order valence-corrected chi connectivity index (χ0v) is 15.9. The highest BCUT2D eigenvalue weighted by atomic mass is 16.6. The average Bonchev–Trinajstić information content (AvgIpc) is 3.12. The van der Waals surface area contributed by atoms with Crippen LogP contribution in [0.1, 0.15) is 33.6 Å². The predicted molar refractivity (Wildman–Crippen MR) is 104 cm³/mol. The molecule has 6 heteroatoms. The van der Waals surface area contributed by atoms with Crippen molar-refractivity contribution in [1.29, 1.82) is 0 Å². The summed E-state index contributed by atoms with van der Waals surface area (Å²) in [6.07, 6.45) is 4.40. The van der Waals surface area contributed by atoms with E-state index in [0.29, 0.717) is 18.7 Å². The summed E-state index contributed by atoms with van der Waals surface area (Å²) in [7, 11) is 0. The van der Waals surface area contributed by atoms with Crippen molar-refractivity contribution in [1.82, 2.24) is 9.88 Å². The highest BCUT2D eigenvalue weighted by Gasteiger charge is 2.36. The lowest BCUT2D eigenvalue weighted by atomic mass is 10.0.